The largest absolute Gasteiger partial charge is 0.322 e. The van der Waals surface area contributed by atoms with Crippen LogP contribution >= 0.6 is 34.4 Å². The summed E-state index contributed by atoms with van der Waals surface area (Å²) in [5, 5.41) is 2.97. The smallest absolute Gasteiger partial charge is 0.256 e. The SMILES string of the molecule is O=C(Nc1ccc(I)cc1)c1ccccc1SCc1ccccc1. The van der Waals surface area contributed by atoms with Crippen LogP contribution in [-0.2, 0) is 5.75 Å². The second-order valence-electron chi connectivity index (χ2n) is 5.23. The summed E-state index contributed by atoms with van der Waals surface area (Å²) in [4.78, 5) is 13.6. The average molecular weight is 445 g/mol. The first-order chi connectivity index (χ1) is 11.7. The number of hydrogen-bond donors (Lipinski definition) is 1. The molecule has 1 N–H and O–H groups in total. The molecule has 3 aromatic rings. The van der Waals surface area contributed by atoms with Crippen LogP contribution in [0, 0.1) is 3.57 Å². The van der Waals surface area contributed by atoms with Gasteiger partial charge in [-0.3, -0.25) is 4.79 Å². The lowest BCUT2D eigenvalue weighted by Gasteiger charge is -2.10. The van der Waals surface area contributed by atoms with Gasteiger partial charge in [0.15, 0.2) is 0 Å². The highest BCUT2D eigenvalue weighted by atomic mass is 127. The average Bonchev–Trinajstić information content (AvgIpc) is 2.63. The number of halogens is 1. The van der Waals surface area contributed by atoms with Crippen LogP contribution in [0.3, 0.4) is 0 Å². The van der Waals surface area contributed by atoms with Crippen molar-refractivity contribution in [3.63, 3.8) is 0 Å². The predicted molar refractivity (Wildman–Crippen MR) is 110 cm³/mol. The summed E-state index contributed by atoms with van der Waals surface area (Å²) in [5.41, 5.74) is 2.76. The first-order valence-corrected chi connectivity index (χ1v) is 9.61. The fraction of sp³-hybridized carbons (Fsp3) is 0.0500. The number of amides is 1. The van der Waals surface area contributed by atoms with E-state index in [0.29, 0.717) is 5.56 Å². The van der Waals surface area contributed by atoms with Gasteiger partial charge >= 0.3 is 0 Å². The molecule has 3 aromatic carbocycles. The van der Waals surface area contributed by atoms with Crippen LogP contribution in [0.5, 0.6) is 0 Å². The van der Waals surface area contributed by atoms with Crippen LogP contribution < -0.4 is 5.32 Å². The minimum Gasteiger partial charge on any atom is -0.322 e. The maximum absolute atomic E-state index is 12.6. The van der Waals surface area contributed by atoms with Gasteiger partial charge in [0.2, 0.25) is 0 Å². The van der Waals surface area contributed by atoms with Gasteiger partial charge in [0.25, 0.3) is 5.91 Å². The van der Waals surface area contributed by atoms with E-state index in [1.54, 1.807) is 11.8 Å². The van der Waals surface area contributed by atoms with Crippen LogP contribution in [0.2, 0.25) is 0 Å². The van der Waals surface area contributed by atoms with E-state index >= 15 is 0 Å². The standard InChI is InChI=1S/C20H16INOS/c21-16-10-12-17(13-11-16)22-20(23)18-8-4-5-9-19(18)24-14-15-6-2-1-3-7-15/h1-13H,14H2,(H,22,23). The highest BCUT2D eigenvalue weighted by molar-refractivity contribution is 14.1. The quantitative estimate of drug-likeness (QED) is 0.395. The third-order valence-corrected chi connectivity index (χ3v) is 5.33. The van der Waals surface area contributed by atoms with Crippen molar-refractivity contribution in [1.82, 2.24) is 0 Å². The molecule has 0 heterocycles. The molecule has 0 fully saturated rings. The number of carbonyl (C=O) groups excluding carboxylic acids is 1. The first kappa shape index (κ1) is 17.0. The van der Waals surface area contributed by atoms with Gasteiger partial charge in [-0.05, 0) is 64.6 Å². The Balaban J connectivity index is 1.73. The van der Waals surface area contributed by atoms with Crippen LogP contribution in [0.15, 0.2) is 83.8 Å². The molecule has 4 heteroatoms. The van der Waals surface area contributed by atoms with E-state index in [-0.39, 0.29) is 5.91 Å². The van der Waals surface area contributed by atoms with Crippen LogP contribution in [0.25, 0.3) is 0 Å². The molecule has 0 unspecified atom stereocenters. The van der Waals surface area contributed by atoms with Crippen LogP contribution in [-0.4, -0.2) is 5.91 Å². The van der Waals surface area contributed by atoms with E-state index in [2.05, 4.69) is 40.0 Å². The maximum Gasteiger partial charge on any atom is 0.256 e. The van der Waals surface area contributed by atoms with Crippen molar-refractivity contribution in [1.29, 1.82) is 0 Å². The Labute approximate surface area is 159 Å². The van der Waals surface area contributed by atoms with E-state index in [4.69, 9.17) is 0 Å². The van der Waals surface area contributed by atoms with E-state index < -0.39 is 0 Å². The number of hydrogen-bond acceptors (Lipinski definition) is 2. The topological polar surface area (TPSA) is 29.1 Å². The second-order valence-corrected chi connectivity index (χ2v) is 7.49. The predicted octanol–water partition coefficient (Wildman–Crippen LogP) is 5.84. The van der Waals surface area contributed by atoms with Crippen molar-refractivity contribution in [2.75, 3.05) is 5.32 Å². The molecule has 0 bridgehead atoms. The van der Waals surface area contributed by atoms with Crippen molar-refractivity contribution >= 4 is 45.9 Å². The molecular weight excluding hydrogens is 429 g/mol. The van der Waals surface area contributed by atoms with E-state index in [9.17, 15) is 4.79 Å². The third kappa shape index (κ3) is 4.61. The molecule has 0 aliphatic rings. The summed E-state index contributed by atoms with van der Waals surface area (Å²) in [7, 11) is 0. The van der Waals surface area contributed by atoms with Gasteiger partial charge in [-0.25, -0.2) is 0 Å². The number of carbonyl (C=O) groups is 1. The molecule has 1 amide bonds. The summed E-state index contributed by atoms with van der Waals surface area (Å²) in [6.07, 6.45) is 0. The van der Waals surface area contributed by atoms with Gasteiger partial charge in [0.05, 0.1) is 5.56 Å². The molecule has 0 aliphatic carbocycles. The zero-order chi connectivity index (χ0) is 16.8. The molecule has 120 valence electrons. The molecular formula is C20H16INOS. The Morgan fingerprint density at radius 3 is 2.29 bits per heavy atom. The summed E-state index contributed by atoms with van der Waals surface area (Å²) in [5.74, 6) is 0.765. The zero-order valence-corrected chi connectivity index (χ0v) is 15.9. The molecule has 0 spiro atoms. The van der Waals surface area contributed by atoms with Crippen molar-refractivity contribution < 1.29 is 4.79 Å². The molecule has 2 nitrogen and oxygen atoms in total. The lowest BCUT2D eigenvalue weighted by atomic mass is 10.2. The number of benzene rings is 3. The molecule has 0 atom stereocenters. The lowest BCUT2D eigenvalue weighted by Crippen LogP contribution is -2.12. The fourth-order valence-corrected chi connectivity index (χ4v) is 3.61. The van der Waals surface area contributed by atoms with Crippen molar-refractivity contribution in [3.8, 4) is 0 Å². The minimum atomic E-state index is -0.0765. The second kappa shape index (κ2) is 8.35. The molecule has 0 saturated heterocycles. The summed E-state index contributed by atoms with van der Waals surface area (Å²) >= 11 is 3.93. The van der Waals surface area contributed by atoms with Crippen LogP contribution in [0.4, 0.5) is 5.69 Å². The fourth-order valence-electron chi connectivity index (χ4n) is 2.25. The van der Waals surface area contributed by atoms with Crippen molar-refractivity contribution in [2.24, 2.45) is 0 Å². The molecule has 0 saturated carbocycles. The Morgan fingerprint density at radius 2 is 1.54 bits per heavy atom. The molecule has 0 aromatic heterocycles. The van der Waals surface area contributed by atoms with E-state index in [0.717, 1.165) is 19.9 Å². The number of rotatable bonds is 5. The molecule has 0 aliphatic heterocycles. The highest BCUT2D eigenvalue weighted by Crippen LogP contribution is 2.27. The monoisotopic (exact) mass is 445 g/mol. The zero-order valence-electron chi connectivity index (χ0n) is 12.9. The lowest BCUT2D eigenvalue weighted by molar-refractivity contribution is 0.102. The van der Waals surface area contributed by atoms with Gasteiger partial charge in [0, 0.05) is 19.9 Å². The Bertz CT molecular complexity index is 819. The van der Waals surface area contributed by atoms with Gasteiger partial charge < -0.3 is 5.32 Å². The minimum absolute atomic E-state index is 0.0765. The third-order valence-electron chi connectivity index (χ3n) is 3.47. The van der Waals surface area contributed by atoms with E-state index in [1.807, 2.05) is 66.7 Å². The summed E-state index contributed by atoms with van der Waals surface area (Å²) in [6.45, 7) is 0. The normalized spacial score (nSPS) is 10.4. The highest BCUT2D eigenvalue weighted by Gasteiger charge is 2.11. The van der Waals surface area contributed by atoms with Crippen molar-refractivity contribution in [3.05, 3.63) is 93.6 Å². The van der Waals surface area contributed by atoms with Gasteiger partial charge in [-0.2, -0.15) is 0 Å². The van der Waals surface area contributed by atoms with Crippen molar-refractivity contribution in [2.45, 2.75) is 10.6 Å². The molecule has 24 heavy (non-hydrogen) atoms. The Kier molecular flexibility index (Phi) is 5.93. The number of anilines is 1. The van der Waals surface area contributed by atoms with Gasteiger partial charge in [-0.15, -0.1) is 11.8 Å². The summed E-state index contributed by atoms with van der Waals surface area (Å²) in [6, 6.07) is 25.8. The Hall–Kier alpha value is -1.79. The number of thioether (sulfide) groups is 1. The Morgan fingerprint density at radius 1 is 0.875 bits per heavy atom. The summed E-state index contributed by atoms with van der Waals surface area (Å²) < 4.78 is 1.14. The maximum atomic E-state index is 12.6. The molecule has 0 radical (unpaired) electrons. The first-order valence-electron chi connectivity index (χ1n) is 7.55. The van der Waals surface area contributed by atoms with Gasteiger partial charge in [0.1, 0.15) is 0 Å². The van der Waals surface area contributed by atoms with Crippen LogP contribution in [0.1, 0.15) is 15.9 Å². The number of nitrogens with one attached hydrogen (secondary N) is 1. The van der Waals surface area contributed by atoms with E-state index in [1.165, 1.54) is 5.56 Å². The van der Waals surface area contributed by atoms with Gasteiger partial charge in [-0.1, -0.05) is 42.5 Å². The molecule has 3 rings (SSSR count).